The summed E-state index contributed by atoms with van der Waals surface area (Å²) in [5, 5.41) is 2.36. The number of carbonyl (C=O) groups excluding carboxylic acids is 3. The van der Waals surface area contributed by atoms with E-state index >= 15 is 0 Å². The van der Waals surface area contributed by atoms with E-state index in [9.17, 15) is 14.4 Å². The minimum absolute atomic E-state index is 0.0678. The Morgan fingerprint density at radius 3 is 2.39 bits per heavy atom. The molecule has 0 atom stereocenters. The molecule has 0 aliphatic heterocycles. The molecule has 0 spiro atoms. The lowest BCUT2D eigenvalue weighted by molar-refractivity contribution is -0.120. The zero-order valence-electron chi connectivity index (χ0n) is 12.4. The molecule has 9 heteroatoms. The molecule has 0 aliphatic rings. The first-order valence-corrected chi connectivity index (χ1v) is 7.36. The average molecular weight is 384 g/mol. The highest BCUT2D eigenvalue weighted by Crippen LogP contribution is 2.14. The maximum Gasteiger partial charge on any atom is 0.287 e. The second kappa shape index (κ2) is 7.14. The molecule has 0 bridgehead atoms. The van der Waals surface area contributed by atoms with Crippen molar-refractivity contribution in [3.63, 3.8) is 0 Å². The fourth-order valence-corrected chi connectivity index (χ4v) is 2.08. The second-order valence-electron chi connectivity index (χ2n) is 4.62. The molecule has 2 aromatic heterocycles. The first kappa shape index (κ1) is 16.8. The van der Waals surface area contributed by atoms with Gasteiger partial charge in [-0.25, -0.2) is 0 Å². The summed E-state index contributed by atoms with van der Waals surface area (Å²) in [5.74, 6) is -0.525. The largest absolute Gasteiger partial charge is 0.466 e. The summed E-state index contributed by atoms with van der Waals surface area (Å²) >= 11 is 3.07. The SMILES string of the molecule is Cc1cc(C(=O)NNC(=O)CNC(=O)c2ccc(Br)o2)c(C)o1. The molecule has 0 radical (unpaired) electrons. The van der Waals surface area contributed by atoms with Crippen molar-refractivity contribution in [2.45, 2.75) is 13.8 Å². The first-order valence-electron chi connectivity index (χ1n) is 6.56. The number of hydrazine groups is 1. The number of nitrogens with one attached hydrogen (secondary N) is 3. The molecule has 3 amide bonds. The summed E-state index contributed by atoms with van der Waals surface area (Å²) in [6, 6.07) is 4.58. The summed E-state index contributed by atoms with van der Waals surface area (Å²) < 4.78 is 10.7. The van der Waals surface area contributed by atoms with Gasteiger partial charge in [0.15, 0.2) is 10.4 Å². The Morgan fingerprint density at radius 1 is 1.09 bits per heavy atom. The summed E-state index contributed by atoms with van der Waals surface area (Å²) in [5.41, 5.74) is 4.76. The van der Waals surface area contributed by atoms with Crippen molar-refractivity contribution in [1.82, 2.24) is 16.2 Å². The molecule has 0 saturated heterocycles. The van der Waals surface area contributed by atoms with Crippen molar-refractivity contribution in [3.8, 4) is 0 Å². The third-order valence-electron chi connectivity index (χ3n) is 2.81. The molecule has 122 valence electrons. The van der Waals surface area contributed by atoms with Crippen LogP contribution in [-0.4, -0.2) is 24.3 Å². The molecule has 0 aliphatic carbocycles. The van der Waals surface area contributed by atoms with Crippen LogP contribution in [0.3, 0.4) is 0 Å². The van der Waals surface area contributed by atoms with Gasteiger partial charge in [0, 0.05) is 0 Å². The highest BCUT2D eigenvalue weighted by Gasteiger charge is 2.15. The third-order valence-corrected chi connectivity index (χ3v) is 3.23. The van der Waals surface area contributed by atoms with Crippen LogP contribution in [0, 0.1) is 13.8 Å². The minimum Gasteiger partial charge on any atom is -0.466 e. The van der Waals surface area contributed by atoms with Crippen molar-refractivity contribution in [2.24, 2.45) is 0 Å². The Bertz CT molecular complexity index is 749. The zero-order valence-corrected chi connectivity index (χ0v) is 13.9. The van der Waals surface area contributed by atoms with E-state index in [1.54, 1.807) is 26.0 Å². The summed E-state index contributed by atoms with van der Waals surface area (Å²) in [6.45, 7) is 3.04. The van der Waals surface area contributed by atoms with E-state index in [0.717, 1.165) is 0 Å². The number of rotatable bonds is 4. The highest BCUT2D eigenvalue weighted by molar-refractivity contribution is 9.10. The predicted molar refractivity (Wildman–Crippen MR) is 82.5 cm³/mol. The van der Waals surface area contributed by atoms with E-state index in [-0.39, 0.29) is 12.3 Å². The summed E-state index contributed by atoms with van der Waals surface area (Å²) in [7, 11) is 0. The topological polar surface area (TPSA) is 114 Å². The van der Waals surface area contributed by atoms with Crippen molar-refractivity contribution < 1.29 is 23.2 Å². The number of aryl methyl sites for hydroxylation is 2. The van der Waals surface area contributed by atoms with Gasteiger partial charge in [-0.3, -0.25) is 25.2 Å². The molecular formula is C14H14BrN3O5. The van der Waals surface area contributed by atoms with Crippen LogP contribution in [0.2, 0.25) is 0 Å². The van der Waals surface area contributed by atoms with Crippen LogP contribution in [0.15, 0.2) is 31.7 Å². The first-order chi connectivity index (χ1) is 10.9. The lowest BCUT2D eigenvalue weighted by atomic mass is 10.2. The maximum atomic E-state index is 11.9. The maximum absolute atomic E-state index is 11.9. The van der Waals surface area contributed by atoms with Gasteiger partial charge in [0.2, 0.25) is 0 Å². The van der Waals surface area contributed by atoms with E-state index in [4.69, 9.17) is 8.83 Å². The minimum atomic E-state index is -0.588. The van der Waals surface area contributed by atoms with Crippen LogP contribution in [-0.2, 0) is 4.79 Å². The molecule has 0 aromatic carbocycles. The van der Waals surface area contributed by atoms with E-state index in [0.29, 0.717) is 21.8 Å². The monoisotopic (exact) mass is 383 g/mol. The number of amides is 3. The van der Waals surface area contributed by atoms with Gasteiger partial charge in [-0.05, 0) is 48.0 Å². The smallest absolute Gasteiger partial charge is 0.287 e. The van der Waals surface area contributed by atoms with E-state index < -0.39 is 17.7 Å². The van der Waals surface area contributed by atoms with Gasteiger partial charge in [0.05, 0.1) is 12.1 Å². The normalized spacial score (nSPS) is 10.2. The Kier molecular flexibility index (Phi) is 5.22. The summed E-state index contributed by atoms with van der Waals surface area (Å²) in [6.07, 6.45) is 0. The average Bonchev–Trinajstić information content (AvgIpc) is 3.07. The van der Waals surface area contributed by atoms with Crippen LogP contribution in [0.4, 0.5) is 0 Å². The Hall–Kier alpha value is -2.55. The van der Waals surface area contributed by atoms with Crippen LogP contribution >= 0.6 is 15.9 Å². The van der Waals surface area contributed by atoms with Crippen molar-refractivity contribution in [3.05, 3.63) is 45.7 Å². The lowest BCUT2D eigenvalue weighted by Gasteiger charge is -2.07. The van der Waals surface area contributed by atoms with Gasteiger partial charge in [0.1, 0.15) is 11.5 Å². The van der Waals surface area contributed by atoms with Crippen molar-refractivity contribution in [1.29, 1.82) is 0 Å². The fourth-order valence-electron chi connectivity index (χ4n) is 1.78. The van der Waals surface area contributed by atoms with Gasteiger partial charge in [-0.1, -0.05) is 0 Å². The van der Waals surface area contributed by atoms with E-state index in [1.807, 2.05) is 0 Å². The van der Waals surface area contributed by atoms with E-state index in [2.05, 4.69) is 32.1 Å². The standard InChI is InChI=1S/C14H14BrN3O5/c1-7-5-9(8(2)22-7)13(20)18-17-12(19)6-16-14(21)10-3-4-11(15)23-10/h3-5H,6H2,1-2H3,(H,16,21)(H,17,19)(H,18,20). The number of carbonyl (C=O) groups is 3. The van der Waals surface area contributed by atoms with Gasteiger partial charge in [-0.15, -0.1) is 0 Å². The van der Waals surface area contributed by atoms with Crippen LogP contribution in [0.1, 0.15) is 32.4 Å². The number of furan rings is 2. The summed E-state index contributed by atoms with van der Waals surface area (Å²) in [4.78, 5) is 35.1. The van der Waals surface area contributed by atoms with Gasteiger partial charge in [0.25, 0.3) is 17.7 Å². The molecule has 0 unspecified atom stereocenters. The molecule has 2 heterocycles. The number of hydrogen-bond acceptors (Lipinski definition) is 5. The fraction of sp³-hybridized carbons (Fsp3) is 0.214. The van der Waals surface area contributed by atoms with Gasteiger partial charge >= 0.3 is 0 Å². The lowest BCUT2D eigenvalue weighted by Crippen LogP contribution is -2.46. The van der Waals surface area contributed by atoms with E-state index in [1.165, 1.54) is 6.07 Å². The van der Waals surface area contributed by atoms with Crippen LogP contribution in [0.5, 0.6) is 0 Å². The Labute approximate surface area is 139 Å². The Morgan fingerprint density at radius 2 is 1.83 bits per heavy atom. The Balaban J connectivity index is 1.78. The van der Waals surface area contributed by atoms with Crippen LogP contribution < -0.4 is 16.2 Å². The molecule has 8 nitrogen and oxygen atoms in total. The molecule has 0 fully saturated rings. The zero-order chi connectivity index (χ0) is 17.0. The molecule has 2 aromatic rings. The van der Waals surface area contributed by atoms with Crippen molar-refractivity contribution >= 4 is 33.7 Å². The second-order valence-corrected chi connectivity index (χ2v) is 5.40. The highest BCUT2D eigenvalue weighted by atomic mass is 79.9. The van der Waals surface area contributed by atoms with Crippen molar-refractivity contribution in [2.75, 3.05) is 6.54 Å². The molecule has 0 saturated carbocycles. The molecule has 2 rings (SSSR count). The third kappa shape index (κ3) is 4.46. The van der Waals surface area contributed by atoms with Crippen LogP contribution in [0.25, 0.3) is 0 Å². The molecule has 3 N–H and O–H groups in total. The molecule has 23 heavy (non-hydrogen) atoms. The molecular weight excluding hydrogens is 370 g/mol. The van der Waals surface area contributed by atoms with Gasteiger partial charge < -0.3 is 14.2 Å². The van der Waals surface area contributed by atoms with Gasteiger partial charge in [-0.2, -0.15) is 0 Å². The number of halogens is 1. The number of hydrogen-bond donors (Lipinski definition) is 3. The quantitative estimate of drug-likeness (QED) is 0.691. The predicted octanol–water partition coefficient (Wildman–Crippen LogP) is 1.44.